The number of carboxylic acids is 1. The third-order valence-electron chi connectivity index (χ3n) is 4.53. The molecule has 2 aliphatic rings. The number of aromatic nitrogens is 1. The summed E-state index contributed by atoms with van der Waals surface area (Å²) in [5.74, 6) is -1.27. The van der Waals surface area contributed by atoms with Gasteiger partial charge in [0, 0.05) is 18.3 Å². The van der Waals surface area contributed by atoms with Gasteiger partial charge < -0.3 is 14.7 Å². The lowest BCUT2D eigenvalue weighted by molar-refractivity contribution is -0.117. The van der Waals surface area contributed by atoms with Gasteiger partial charge in [0.05, 0.1) is 18.8 Å². The SMILES string of the molecule is O=C(O)c1cc(C(=O)N2CCOC3(CCCCC3)C2)ccn1. The molecule has 0 radical (unpaired) electrons. The lowest BCUT2D eigenvalue weighted by atomic mass is 9.83. The van der Waals surface area contributed by atoms with Gasteiger partial charge in [0.15, 0.2) is 0 Å². The number of carbonyl (C=O) groups excluding carboxylic acids is 1. The topological polar surface area (TPSA) is 79.7 Å². The van der Waals surface area contributed by atoms with Crippen LogP contribution in [-0.4, -0.2) is 52.2 Å². The zero-order valence-electron chi connectivity index (χ0n) is 12.5. The summed E-state index contributed by atoms with van der Waals surface area (Å²) < 4.78 is 5.98. The highest BCUT2D eigenvalue weighted by molar-refractivity contribution is 5.96. The van der Waals surface area contributed by atoms with E-state index >= 15 is 0 Å². The molecule has 1 amide bonds. The van der Waals surface area contributed by atoms with Gasteiger partial charge in [-0.25, -0.2) is 9.78 Å². The monoisotopic (exact) mass is 304 g/mol. The molecule has 118 valence electrons. The van der Waals surface area contributed by atoms with E-state index in [0.29, 0.717) is 25.3 Å². The fourth-order valence-corrected chi connectivity index (χ4v) is 3.38. The van der Waals surface area contributed by atoms with Crippen molar-refractivity contribution < 1.29 is 19.4 Å². The van der Waals surface area contributed by atoms with Crippen LogP contribution in [0.4, 0.5) is 0 Å². The number of nitrogens with zero attached hydrogens (tertiary/aromatic N) is 2. The standard InChI is InChI=1S/C16H20N2O4/c19-14(12-4-7-17-13(10-12)15(20)21)18-8-9-22-16(11-18)5-2-1-3-6-16/h4,7,10H,1-3,5-6,8-9,11H2,(H,20,21). The predicted octanol–water partition coefficient (Wildman–Crippen LogP) is 1.96. The predicted molar refractivity (Wildman–Crippen MR) is 78.9 cm³/mol. The van der Waals surface area contributed by atoms with Crippen LogP contribution >= 0.6 is 0 Å². The van der Waals surface area contributed by atoms with Crippen LogP contribution in [0.1, 0.15) is 53.0 Å². The molecule has 6 nitrogen and oxygen atoms in total. The summed E-state index contributed by atoms with van der Waals surface area (Å²) in [7, 11) is 0. The summed E-state index contributed by atoms with van der Waals surface area (Å²) in [6.07, 6.45) is 6.86. The average molecular weight is 304 g/mol. The molecular formula is C16H20N2O4. The molecule has 0 unspecified atom stereocenters. The number of hydrogen-bond acceptors (Lipinski definition) is 4. The molecule has 3 rings (SSSR count). The van der Waals surface area contributed by atoms with Crippen LogP contribution in [0.25, 0.3) is 0 Å². The van der Waals surface area contributed by atoms with Crippen LogP contribution in [0.3, 0.4) is 0 Å². The van der Waals surface area contributed by atoms with Crippen LogP contribution in [0, 0.1) is 0 Å². The van der Waals surface area contributed by atoms with Crippen molar-refractivity contribution in [3.05, 3.63) is 29.6 Å². The molecule has 1 aliphatic heterocycles. The van der Waals surface area contributed by atoms with Crippen molar-refractivity contribution in [2.45, 2.75) is 37.7 Å². The van der Waals surface area contributed by atoms with Crippen molar-refractivity contribution in [2.24, 2.45) is 0 Å². The smallest absolute Gasteiger partial charge is 0.354 e. The Labute approximate surface area is 129 Å². The molecule has 2 heterocycles. The Morgan fingerprint density at radius 3 is 2.77 bits per heavy atom. The van der Waals surface area contributed by atoms with Crippen LogP contribution in [0.15, 0.2) is 18.3 Å². The van der Waals surface area contributed by atoms with E-state index in [2.05, 4.69) is 4.98 Å². The van der Waals surface area contributed by atoms with Crippen LogP contribution in [0.2, 0.25) is 0 Å². The van der Waals surface area contributed by atoms with Gasteiger partial charge in [-0.1, -0.05) is 19.3 Å². The molecule has 1 N–H and O–H groups in total. The largest absolute Gasteiger partial charge is 0.477 e. The molecule has 1 spiro atoms. The highest BCUT2D eigenvalue weighted by atomic mass is 16.5. The summed E-state index contributed by atoms with van der Waals surface area (Å²) in [6, 6.07) is 2.91. The summed E-state index contributed by atoms with van der Waals surface area (Å²) in [5.41, 5.74) is 0.0706. The number of morpholine rings is 1. The first-order chi connectivity index (χ1) is 10.6. The van der Waals surface area contributed by atoms with Gasteiger partial charge in [0.2, 0.25) is 0 Å². The highest BCUT2D eigenvalue weighted by Gasteiger charge is 2.39. The number of hydrogen-bond donors (Lipinski definition) is 1. The maximum Gasteiger partial charge on any atom is 0.354 e. The quantitative estimate of drug-likeness (QED) is 0.903. The van der Waals surface area contributed by atoms with Crippen molar-refractivity contribution >= 4 is 11.9 Å². The van der Waals surface area contributed by atoms with E-state index in [1.807, 2.05) is 0 Å². The van der Waals surface area contributed by atoms with E-state index in [1.54, 1.807) is 11.0 Å². The third-order valence-corrected chi connectivity index (χ3v) is 4.53. The van der Waals surface area contributed by atoms with E-state index in [0.717, 1.165) is 25.7 Å². The second kappa shape index (κ2) is 6.04. The molecule has 0 aromatic carbocycles. The average Bonchev–Trinajstić information content (AvgIpc) is 2.55. The fraction of sp³-hybridized carbons (Fsp3) is 0.562. The van der Waals surface area contributed by atoms with Gasteiger partial charge in [-0.05, 0) is 25.0 Å². The highest BCUT2D eigenvalue weighted by Crippen LogP contribution is 2.34. The van der Waals surface area contributed by atoms with E-state index in [-0.39, 0.29) is 17.2 Å². The Balaban J connectivity index is 1.76. The molecule has 1 saturated heterocycles. The van der Waals surface area contributed by atoms with Crippen molar-refractivity contribution in [3.63, 3.8) is 0 Å². The first-order valence-corrected chi connectivity index (χ1v) is 7.72. The van der Waals surface area contributed by atoms with Gasteiger partial charge in [-0.3, -0.25) is 4.79 Å². The second-order valence-corrected chi connectivity index (χ2v) is 6.05. The van der Waals surface area contributed by atoms with Crippen LogP contribution in [-0.2, 0) is 4.74 Å². The summed E-state index contributed by atoms with van der Waals surface area (Å²) in [6.45, 7) is 1.69. The van der Waals surface area contributed by atoms with Crippen molar-refractivity contribution in [1.29, 1.82) is 0 Å². The maximum absolute atomic E-state index is 12.7. The van der Waals surface area contributed by atoms with Gasteiger partial charge in [-0.15, -0.1) is 0 Å². The summed E-state index contributed by atoms with van der Waals surface area (Å²) in [5, 5.41) is 8.99. The Morgan fingerprint density at radius 1 is 1.27 bits per heavy atom. The normalized spacial score (nSPS) is 20.8. The van der Waals surface area contributed by atoms with Gasteiger partial charge in [-0.2, -0.15) is 0 Å². The first kappa shape index (κ1) is 15.0. The van der Waals surface area contributed by atoms with Gasteiger partial charge in [0.25, 0.3) is 5.91 Å². The number of aromatic carboxylic acids is 1. The fourth-order valence-electron chi connectivity index (χ4n) is 3.38. The molecule has 6 heteroatoms. The molecular weight excluding hydrogens is 284 g/mol. The lowest BCUT2D eigenvalue weighted by Gasteiger charge is -2.45. The van der Waals surface area contributed by atoms with Gasteiger partial charge >= 0.3 is 5.97 Å². The summed E-state index contributed by atoms with van der Waals surface area (Å²) >= 11 is 0. The number of pyridine rings is 1. The minimum atomic E-state index is -1.12. The zero-order valence-corrected chi connectivity index (χ0v) is 12.5. The van der Waals surface area contributed by atoms with E-state index in [4.69, 9.17) is 9.84 Å². The van der Waals surface area contributed by atoms with E-state index in [1.165, 1.54) is 18.7 Å². The van der Waals surface area contributed by atoms with Crippen molar-refractivity contribution in [2.75, 3.05) is 19.7 Å². The van der Waals surface area contributed by atoms with Crippen molar-refractivity contribution in [1.82, 2.24) is 9.88 Å². The Morgan fingerprint density at radius 2 is 2.05 bits per heavy atom. The number of amides is 1. The first-order valence-electron chi connectivity index (χ1n) is 7.72. The minimum absolute atomic E-state index is 0.105. The van der Waals surface area contributed by atoms with Crippen LogP contribution < -0.4 is 0 Å². The molecule has 1 aliphatic carbocycles. The molecule has 1 aromatic rings. The van der Waals surface area contributed by atoms with E-state index < -0.39 is 5.97 Å². The van der Waals surface area contributed by atoms with E-state index in [9.17, 15) is 9.59 Å². The maximum atomic E-state index is 12.7. The third kappa shape index (κ3) is 2.97. The molecule has 2 fully saturated rings. The summed E-state index contributed by atoms with van der Waals surface area (Å²) in [4.78, 5) is 29.2. The zero-order chi connectivity index (χ0) is 15.6. The Kier molecular flexibility index (Phi) is 4.11. The molecule has 0 bridgehead atoms. The molecule has 1 saturated carbocycles. The number of carbonyl (C=O) groups is 2. The number of carboxylic acid groups (broad SMARTS) is 1. The van der Waals surface area contributed by atoms with Crippen LogP contribution in [0.5, 0.6) is 0 Å². The molecule has 22 heavy (non-hydrogen) atoms. The number of ether oxygens (including phenoxy) is 1. The lowest BCUT2D eigenvalue weighted by Crippen LogP contribution is -2.54. The second-order valence-electron chi connectivity index (χ2n) is 6.05. The molecule has 1 aromatic heterocycles. The van der Waals surface area contributed by atoms with Crippen molar-refractivity contribution in [3.8, 4) is 0 Å². The Bertz CT molecular complexity index is 576. The number of rotatable bonds is 2. The molecule has 0 atom stereocenters. The van der Waals surface area contributed by atoms with Gasteiger partial charge in [0.1, 0.15) is 5.69 Å². The Hall–Kier alpha value is -1.95. The minimum Gasteiger partial charge on any atom is -0.477 e.